The second-order valence-corrected chi connectivity index (χ2v) is 7.18. The second kappa shape index (κ2) is 9.09. The van der Waals surface area contributed by atoms with Crippen LogP contribution >= 0.6 is 0 Å². The minimum atomic E-state index is -0.110. The lowest BCUT2D eigenvalue weighted by Crippen LogP contribution is -2.44. The Balaban J connectivity index is 1.37. The molecule has 2 saturated heterocycles. The molecule has 3 heterocycles. The van der Waals surface area contributed by atoms with Gasteiger partial charge in [0, 0.05) is 30.9 Å². The normalized spacial score (nSPS) is 19.7. The first-order valence-corrected chi connectivity index (χ1v) is 9.97. The summed E-state index contributed by atoms with van der Waals surface area (Å²) in [5.74, 6) is 0.855. The molecule has 1 aromatic carbocycles. The highest BCUT2D eigenvalue weighted by Gasteiger charge is 2.26. The number of carbonyl (C=O) groups is 1. The van der Waals surface area contributed by atoms with E-state index in [2.05, 4.69) is 14.9 Å². The van der Waals surface area contributed by atoms with Crippen molar-refractivity contribution in [2.75, 3.05) is 51.4 Å². The first-order chi connectivity index (χ1) is 14.2. The third-order valence-electron chi connectivity index (χ3n) is 5.24. The lowest BCUT2D eigenvalue weighted by atomic mass is 10.1. The van der Waals surface area contributed by atoms with Crippen LogP contribution in [0.4, 0.5) is 5.69 Å². The van der Waals surface area contributed by atoms with Crippen molar-refractivity contribution in [3.8, 4) is 11.8 Å². The van der Waals surface area contributed by atoms with Crippen LogP contribution in [0.1, 0.15) is 23.2 Å². The standard InChI is InChI=1S/C21H26N4O4/c1-27-19-13-22-14-20(23-19)29-18-3-2-8-25(15-18)21(26)16-4-6-17(7-5-16)24-9-11-28-12-10-24/h4-7,13-14,18H,2-3,8-12,15H2,1H3. The van der Waals surface area contributed by atoms with E-state index in [1.54, 1.807) is 13.3 Å². The van der Waals surface area contributed by atoms with E-state index in [0.29, 0.717) is 23.9 Å². The van der Waals surface area contributed by atoms with Gasteiger partial charge in [-0.25, -0.2) is 0 Å². The van der Waals surface area contributed by atoms with E-state index in [4.69, 9.17) is 14.2 Å². The Labute approximate surface area is 170 Å². The molecule has 0 saturated carbocycles. The van der Waals surface area contributed by atoms with E-state index >= 15 is 0 Å². The first-order valence-electron chi connectivity index (χ1n) is 9.97. The topological polar surface area (TPSA) is 77.0 Å². The number of anilines is 1. The Bertz CT molecular complexity index is 824. The molecular weight excluding hydrogens is 372 g/mol. The number of hydrogen-bond acceptors (Lipinski definition) is 7. The van der Waals surface area contributed by atoms with Gasteiger partial charge in [0.25, 0.3) is 5.91 Å². The fourth-order valence-electron chi connectivity index (χ4n) is 3.69. The number of methoxy groups -OCH3 is 1. The van der Waals surface area contributed by atoms with Crippen molar-refractivity contribution < 1.29 is 19.0 Å². The molecule has 4 rings (SSSR count). The fraction of sp³-hybridized carbons (Fsp3) is 0.476. The Hall–Kier alpha value is -2.87. The maximum absolute atomic E-state index is 13.0. The summed E-state index contributed by atoms with van der Waals surface area (Å²) in [6, 6.07) is 7.85. The number of hydrogen-bond donors (Lipinski definition) is 0. The molecule has 154 valence electrons. The average Bonchev–Trinajstić information content (AvgIpc) is 2.79. The van der Waals surface area contributed by atoms with Crippen LogP contribution < -0.4 is 14.4 Å². The predicted molar refractivity (Wildman–Crippen MR) is 108 cm³/mol. The zero-order valence-electron chi connectivity index (χ0n) is 16.6. The third-order valence-corrected chi connectivity index (χ3v) is 5.24. The summed E-state index contributed by atoms with van der Waals surface area (Å²) in [5.41, 5.74) is 1.82. The maximum Gasteiger partial charge on any atom is 0.253 e. The summed E-state index contributed by atoms with van der Waals surface area (Å²) in [5, 5.41) is 0. The molecule has 1 atom stereocenters. The summed E-state index contributed by atoms with van der Waals surface area (Å²) < 4.78 is 16.4. The molecule has 29 heavy (non-hydrogen) atoms. The van der Waals surface area contributed by atoms with Crippen molar-refractivity contribution >= 4 is 11.6 Å². The van der Waals surface area contributed by atoms with Gasteiger partial charge in [-0.3, -0.25) is 9.78 Å². The Morgan fingerprint density at radius 3 is 2.62 bits per heavy atom. The van der Waals surface area contributed by atoms with Crippen molar-refractivity contribution in [2.45, 2.75) is 18.9 Å². The highest BCUT2D eigenvalue weighted by Crippen LogP contribution is 2.21. The van der Waals surface area contributed by atoms with Gasteiger partial charge in [0.1, 0.15) is 6.10 Å². The first kappa shape index (κ1) is 19.4. The lowest BCUT2D eigenvalue weighted by molar-refractivity contribution is 0.0525. The van der Waals surface area contributed by atoms with Gasteiger partial charge >= 0.3 is 0 Å². The Kier molecular flexibility index (Phi) is 6.09. The number of likely N-dealkylation sites (tertiary alicyclic amines) is 1. The van der Waals surface area contributed by atoms with Gasteiger partial charge in [0.15, 0.2) is 0 Å². The summed E-state index contributed by atoms with van der Waals surface area (Å²) in [4.78, 5) is 25.4. The molecule has 1 amide bonds. The van der Waals surface area contributed by atoms with Crippen molar-refractivity contribution in [1.29, 1.82) is 0 Å². The number of piperidine rings is 1. The summed E-state index contributed by atoms with van der Waals surface area (Å²) in [7, 11) is 1.54. The average molecular weight is 398 g/mol. The molecule has 0 radical (unpaired) electrons. The van der Waals surface area contributed by atoms with Gasteiger partial charge in [0.05, 0.1) is 39.3 Å². The van der Waals surface area contributed by atoms with Crippen molar-refractivity contribution in [3.63, 3.8) is 0 Å². The number of benzene rings is 1. The van der Waals surface area contributed by atoms with E-state index in [1.165, 1.54) is 6.20 Å². The minimum absolute atomic E-state index is 0.0311. The van der Waals surface area contributed by atoms with E-state index in [0.717, 1.165) is 51.4 Å². The molecule has 2 aromatic rings. The van der Waals surface area contributed by atoms with Crippen LogP contribution in [0.2, 0.25) is 0 Å². The maximum atomic E-state index is 13.0. The van der Waals surface area contributed by atoms with E-state index in [-0.39, 0.29) is 12.0 Å². The van der Waals surface area contributed by atoms with E-state index in [1.807, 2.05) is 29.2 Å². The van der Waals surface area contributed by atoms with Crippen molar-refractivity contribution in [3.05, 3.63) is 42.2 Å². The minimum Gasteiger partial charge on any atom is -0.480 e. The molecule has 8 nitrogen and oxygen atoms in total. The number of aromatic nitrogens is 2. The number of amides is 1. The third kappa shape index (κ3) is 4.76. The van der Waals surface area contributed by atoms with Crippen LogP contribution in [0.15, 0.2) is 36.7 Å². The lowest BCUT2D eigenvalue weighted by Gasteiger charge is -2.33. The van der Waals surface area contributed by atoms with Crippen molar-refractivity contribution in [2.24, 2.45) is 0 Å². The van der Waals surface area contributed by atoms with Crippen LogP contribution in [0, 0.1) is 0 Å². The molecule has 8 heteroatoms. The van der Waals surface area contributed by atoms with E-state index in [9.17, 15) is 4.79 Å². The summed E-state index contributed by atoms with van der Waals surface area (Å²) >= 11 is 0. The highest BCUT2D eigenvalue weighted by molar-refractivity contribution is 5.94. The van der Waals surface area contributed by atoms with Crippen LogP contribution in [-0.4, -0.2) is 73.4 Å². The quantitative estimate of drug-likeness (QED) is 0.762. The molecule has 0 aliphatic carbocycles. The van der Waals surface area contributed by atoms with Gasteiger partial charge in [-0.2, -0.15) is 4.98 Å². The predicted octanol–water partition coefficient (Wildman–Crippen LogP) is 2.01. The Morgan fingerprint density at radius 1 is 1.10 bits per heavy atom. The number of rotatable bonds is 5. The van der Waals surface area contributed by atoms with Crippen LogP contribution in [0.3, 0.4) is 0 Å². The number of carbonyl (C=O) groups excluding carboxylic acids is 1. The zero-order chi connectivity index (χ0) is 20.1. The fourth-order valence-corrected chi connectivity index (χ4v) is 3.69. The highest BCUT2D eigenvalue weighted by atomic mass is 16.5. The molecule has 0 spiro atoms. The SMILES string of the molecule is COc1cncc(OC2CCCN(C(=O)c3ccc(N4CCOCC4)cc3)C2)n1. The van der Waals surface area contributed by atoms with Gasteiger partial charge in [-0.05, 0) is 37.1 Å². The van der Waals surface area contributed by atoms with Crippen LogP contribution in [0.5, 0.6) is 11.8 Å². The number of morpholine rings is 1. The summed E-state index contributed by atoms with van der Waals surface area (Å²) in [6.07, 6.45) is 4.75. The zero-order valence-corrected chi connectivity index (χ0v) is 16.6. The van der Waals surface area contributed by atoms with Gasteiger partial charge in [-0.15, -0.1) is 0 Å². The number of ether oxygens (including phenoxy) is 3. The van der Waals surface area contributed by atoms with Gasteiger partial charge in [-0.1, -0.05) is 0 Å². The largest absolute Gasteiger partial charge is 0.480 e. The molecule has 2 fully saturated rings. The van der Waals surface area contributed by atoms with Crippen molar-refractivity contribution in [1.82, 2.24) is 14.9 Å². The molecule has 0 N–H and O–H groups in total. The molecular formula is C21H26N4O4. The smallest absolute Gasteiger partial charge is 0.253 e. The monoisotopic (exact) mass is 398 g/mol. The van der Waals surface area contributed by atoms with E-state index < -0.39 is 0 Å². The second-order valence-electron chi connectivity index (χ2n) is 7.18. The molecule has 1 unspecified atom stereocenters. The molecule has 2 aliphatic rings. The molecule has 1 aromatic heterocycles. The Morgan fingerprint density at radius 2 is 1.86 bits per heavy atom. The number of nitrogens with zero attached hydrogens (tertiary/aromatic N) is 4. The molecule has 0 bridgehead atoms. The molecule has 2 aliphatic heterocycles. The van der Waals surface area contributed by atoms with Gasteiger partial charge in [0.2, 0.25) is 11.8 Å². The summed E-state index contributed by atoms with van der Waals surface area (Å²) in [6.45, 7) is 4.51. The van der Waals surface area contributed by atoms with Gasteiger partial charge < -0.3 is 24.0 Å². The van der Waals surface area contributed by atoms with Crippen LogP contribution in [-0.2, 0) is 4.74 Å². The van der Waals surface area contributed by atoms with Crippen LogP contribution in [0.25, 0.3) is 0 Å².